The Labute approximate surface area is 105 Å². The van der Waals surface area contributed by atoms with E-state index in [-0.39, 0.29) is 0 Å². The molecule has 0 spiro atoms. The topological polar surface area (TPSA) is 48.5 Å². The summed E-state index contributed by atoms with van der Waals surface area (Å²) in [5.74, 6) is 0.972. The molecule has 0 atom stereocenters. The maximum atomic E-state index is 4.38. The minimum atomic E-state index is 0.709. The third kappa shape index (κ3) is 1.88. The van der Waals surface area contributed by atoms with Crippen molar-refractivity contribution < 1.29 is 0 Å². The van der Waals surface area contributed by atoms with E-state index in [0.717, 1.165) is 29.8 Å². The Bertz CT molecular complexity index is 652. The van der Waals surface area contributed by atoms with Gasteiger partial charge >= 0.3 is 0 Å². The molecule has 0 radical (unpaired) electrons. The van der Waals surface area contributed by atoms with Crippen LogP contribution in [0.1, 0.15) is 19.2 Å². The molecule has 0 aliphatic carbocycles. The predicted molar refractivity (Wildman–Crippen MR) is 69.1 cm³/mol. The second-order valence-corrected chi connectivity index (χ2v) is 4.26. The Morgan fingerprint density at radius 1 is 1.17 bits per heavy atom. The molecule has 1 aromatic carbocycles. The number of fused-ring (bicyclic) bond motifs is 1. The Morgan fingerprint density at radius 2 is 2.06 bits per heavy atom. The van der Waals surface area contributed by atoms with Crippen LogP contribution in [0.5, 0.6) is 0 Å². The van der Waals surface area contributed by atoms with E-state index >= 15 is 0 Å². The van der Waals surface area contributed by atoms with E-state index in [1.165, 1.54) is 0 Å². The summed E-state index contributed by atoms with van der Waals surface area (Å²) in [4.78, 5) is 8.70. The molecule has 3 rings (SSSR count). The fourth-order valence-electron chi connectivity index (χ4n) is 2.10. The summed E-state index contributed by atoms with van der Waals surface area (Å²) in [6.45, 7) is 3.75. The van der Waals surface area contributed by atoms with Gasteiger partial charge in [-0.2, -0.15) is 5.10 Å². The molecule has 2 aromatic heterocycles. The van der Waals surface area contributed by atoms with Crippen LogP contribution in [-0.4, -0.2) is 24.3 Å². The smallest absolute Gasteiger partial charge is 0.146 e. The van der Waals surface area contributed by atoms with Gasteiger partial charge in [0.2, 0.25) is 0 Å². The van der Waals surface area contributed by atoms with Crippen LogP contribution in [-0.2, 0) is 13.1 Å². The van der Waals surface area contributed by atoms with Gasteiger partial charge in [0.15, 0.2) is 0 Å². The second kappa shape index (κ2) is 4.60. The molecular weight excluding hydrogens is 226 g/mol. The highest BCUT2D eigenvalue weighted by atomic mass is 15.3. The molecule has 0 saturated heterocycles. The van der Waals surface area contributed by atoms with Gasteiger partial charge in [0.25, 0.3) is 0 Å². The first kappa shape index (κ1) is 11.0. The van der Waals surface area contributed by atoms with Gasteiger partial charge in [-0.05, 0) is 18.6 Å². The van der Waals surface area contributed by atoms with Crippen molar-refractivity contribution >= 4 is 11.0 Å². The predicted octanol–water partition coefficient (Wildman–Crippen LogP) is 2.09. The van der Waals surface area contributed by atoms with E-state index in [9.17, 15) is 0 Å². The summed E-state index contributed by atoms with van der Waals surface area (Å²) in [5, 5.41) is 4.24. The number of imidazole rings is 1. The highest BCUT2D eigenvalue weighted by Crippen LogP contribution is 2.13. The van der Waals surface area contributed by atoms with Crippen LogP contribution in [0.2, 0.25) is 0 Å². The third-order valence-electron chi connectivity index (χ3n) is 2.97. The molecule has 0 fully saturated rings. The van der Waals surface area contributed by atoms with E-state index in [0.29, 0.717) is 6.54 Å². The zero-order valence-electron chi connectivity index (χ0n) is 10.3. The summed E-state index contributed by atoms with van der Waals surface area (Å²) >= 11 is 0. The average Bonchev–Trinajstić information content (AvgIpc) is 2.99. The fourth-order valence-corrected chi connectivity index (χ4v) is 2.10. The van der Waals surface area contributed by atoms with Gasteiger partial charge in [0.05, 0.1) is 23.9 Å². The third-order valence-corrected chi connectivity index (χ3v) is 2.97. The largest absolute Gasteiger partial charge is 0.323 e. The Balaban J connectivity index is 1.94. The molecule has 0 N–H and O–H groups in total. The fraction of sp³-hybridized carbons (Fsp3) is 0.308. The monoisotopic (exact) mass is 241 g/mol. The second-order valence-electron chi connectivity index (χ2n) is 4.26. The van der Waals surface area contributed by atoms with Crippen molar-refractivity contribution in [2.45, 2.75) is 26.4 Å². The molecule has 0 bridgehead atoms. The summed E-state index contributed by atoms with van der Waals surface area (Å²) in [6, 6.07) is 8.11. The number of nitrogens with zero attached hydrogens (tertiary/aromatic N) is 5. The van der Waals surface area contributed by atoms with Crippen LogP contribution < -0.4 is 0 Å². The molecule has 2 heterocycles. The van der Waals surface area contributed by atoms with Crippen molar-refractivity contribution in [3.8, 4) is 0 Å². The Kier molecular flexibility index (Phi) is 2.80. The van der Waals surface area contributed by atoms with E-state index in [1.807, 2.05) is 29.2 Å². The molecule has 92 valence electrons. The SMILES string of the molecule is CCCn1ncnc1Cn1cnc2ccccc21. The van der Waals surface area contributed by atoms with E-state index in [4.69, 9.17) is 0 Å². The maximum absolute atomic E-state index is 4.38. The first-order chi connectivity index (χ1) is 8.88. The number of hydrogen-bond donors (Lipinski definition) is 0. The Hall–Kier alpha value is -2.17. The number of hydrogen-bond acceptors (Lipinski definition) is 3. The van der Waals surface area contributed by atoms with Crippen LogP contribution in [0.15, 0.2) is 36.9 Å². The van der Waals surface area contributed by atoms with Crippen molar-refractivity contribution in [3.63, 3.8) is 0 Å². The molecule has 0 amide bonds. The number of aryl methyl sites for hydroxylation is 1. The lowest BCUT2D eigenvalue weighted by atomic mass is 10.3. The number of rotatable bonds is 4. The standard InChI is InChI=1S/C13H15N5/c1-2-7-18-13(14-9-16-18)8-17-10-15-11-5-3-4-6-12(11)17/h3-6,9-10H,2,7-8H2,1H3. The number of aromatic nitrogens is 5. The zero-order chi connectivity index (χ0) is 12.4. The van der Waals surface area contributed by atoms with Gasteiger partial charge in [-0.15, -0.1) is 0 Å². The quantitative estimate of drug-likeness (QED) is 0.702. The van der Waals surface area contributed by atoms with Crippen molar-refractivity contribution in [3.05, 3.63) is 42.7 Å². The minimum Gasteiger partial charge on any atom is -0.323 e. The lowest BCUT2D eigenvalue weighted by Gasteiger charge is -2.06. The average molecular weight is 241 g/mol. The van der Waals surface area contributed by atoms with E-state index < -0.39 is 0 Å². The van der Waals surface area contributed by atoms with Gasteiger partial charge in [-0.3, -0.25) is 0 Å². The van der Waals surface area contributed by atoms with Gasteiger partial charge in [0.1, 0.15) is 12.2 Å². The van der Waals surface area contributed by atoms with Crippen molar-refractivity contribution in [2.24, 2.45) is 0 Å². The molecular formula is C13H15N5. The van der Waals surface area contributed by atoms with Crippen LogP contribution in [0.25, 0.3) is 11.0 Å². The van der Waals surface area contributed by atoms with Crippen LogP contribution in [0.4, 0.5) is 0 Å². The molecule has 5 nitrogen and oxygen atoms in total. The number of para-hydroxylation sites is 2. The molecule has 0 saturated carbocycles. The van der Waals surface area contributed by atoms with Crippen LogP contribution >= 0.6 is 0 Å². The maximum Gasteiger partial charge on any atom is 0.146 e. The van der Waals surface area contributed by atoms with E-state index in [2.05, 4.69) is 32.6 Å². The van der Waals surface area contributed by atoms with Crippen LogP contribution in [0.3, 0.4) is 0 Å². The van der Waals surface area contributed by atoms with Crippen molar-refractivity contribution in [2.75, 3.05) is 0 Å². The van der Waals surface area contributed by atoms with Crippen LogP contribution in [0, 0.1) is 0 Å². The summed E-state index contributed by atoms with van der Waals surface area (Å²) in [5.41, 5.74) is 2.14. The molecule has 5 heteroatoms. The number of benzene rings is 1. The van der Waals surface area contributed by atoms with Crippen molar-refractivity contribution in [1.29, 1.82) is 0 Å². The summed E-state index contributed by atoms with van der Waals surface area (Å²) in [6.07, 6.45) is 4.53. The van der Waals surface area contributed by atoms with E-state index in [1.54, 1.807) is 6.33 Å². The summed E-state index contributed by atoms with van der Waals surface area (Å²) in [7, 11) is 0. The van der Waals surface area contributed by atoms with Gasteiger partial charge < -0.3 is 4.57 Å². The highest BCUT2D eigenvalue weighted by molar-refractivity contribution is 5.74. The van der Waals surface area contributed by atoms with Gasteiger partial charge in [0, 0.05) is 6.54 Å². The molecule has 0 aliphatic heterocycles. The van der Waals surface area contributed by atoms with Crippen molar-refractivity contribution in [1.82, 2.24) is 24.3 Å². The highest BCUT2D eigenvalue weighted by Gasteiger charge is 2.07. The van der Waals surface area contributed by atoms with Gasteiger partial charge in [-0.25, -0.2) is 14.6 Å². The normalized spacial score (nSPS) is 11.2. The zero-order valence-corrected chi connectivity index (χ0v) is 10.3. The molecule has 0 aliphatic rings. The lowest BCUT2D eigenvalue weighted by molar-refractivity contribution is 0.557. The lowest BCUT2D eigenvalue weighted by Crippen LogP contribution is -2.09. The Morgan fingerprint density at radius 3 is 2.94 bits per heavy atom. The molecule has 3 aromatic rings. The summed E-state index contributed by atoms with van der Waals surface area (Å²) < 4.78 is 4.06. The molecule has 0 unspecified atom stereocenters. The first-order valence-electron chi connectivity index (χ1n) is 6.15. The minimum absolute atomic E-state index is 0.709. The first-order valence-corrected chi connectivity index (χ1v) is 6.15. The van der Waals surface area contributed by atoms with Gasteiger partial charge in [-0.1, -0.05) is 19.1 Å². The molecule has 18 heavy (non-hydrogen) atoms.